The first kappa shape index (κ1) is 14.5. The van der Waals surface area contributed by atoms with E-state index in [9.17, 15) is 19.5 Å². The van der Waals surface area contributed by atoms with Crippen LogP contribution in [0.2, 0.25) is 0 Å². The number of phenolic OH excluding ortho intramolecular Hbond substituents is 1. The van der Waals surface area contributed by atoms with Crippen molar-refractivity contribution in [2.45, 2.75) is 12.8 Å². The zero-order valence-electron chi connectivity index (χ0n) is 10.9. The Bertz CT molecular complexity index is 719. The molecule has 0 spiro atoms. The zero-order chi connectivity index (χ0) is 15.4. The fourth-order valence-electron chi connectivity index (χ4n) is 1.84. The van der Waals surface area contributed by atoms with Crippen LogP contribution in [0.5, 0.6) is 5.75 Å². The highest BCUT2D eigenvalue weighted by Gasteiger charge is 2.18. The topological polar surface area (TPSA) is 101 Å². The average Bonchev–Trinajstić information content (AvgIpc) is 2.45. The lowest BCUT2D eigenvalue weighted by Gasteiger charge is -2.07. The van der Waals surface area contributed by atoms with Crippen molar-refractivity contribution in [2.24, 2.45) is 0 Å². The van der Waals surface area contributed by atoms with Gasteiger partial charge in [-0.25, -0.2) is 4.79 Å². The summed E-state index contributed by atoms with van der Waals surface area (Å²) in [6.07, 6.45) is -0.828. The van der Waals surface area contributed by atoms with Crippen molar-refractivity contribution < 1.29 is 29.3 Å². The minimum Gasteiger partial charge on any atom is -0.506 e. The number of esters is 2. The summed E-state index contributed by atoms with van der Waals surface area (Å²) in [5.41, 5.74) is -0.141. The molecular weight excluding hydrogens is 276 g/mol. The van der Waals surface area contributed by atoms with Gasteiger partial charge in [0.1, 0.15) is 11.3 Å². The van der Waals surface area contributed by atoms with Crippen LogP contribution in [0.4, 0.5) is 0 Å². The molecule has 108 valence electrons. The first-order chi connectivity index (χ1) is 9.99. The molecule has 2 aromatic carbocycles. The Morgan fingerprint density at radius 1 is 1.00 bits per heavy atom. The normalized spacial score (nSPS) is 10.3. The zero-order valence-corrected chi connectivity index (χ0v) is 10.9. The Morgan fingerprint density at radius 3 is 2.43 bits per heavy atom. The highest BCUT2D eigenvalue weighted by atomic mass is 16.6. The number of carbonyl (C=O) groups excluding carboxylic acids is 2. The Hall–Kier alpha value is -2.89. The van der Waals surface area contributed by atoms with Gasteiger partial charge in [0.15, 0.2) is 0 Å². The second-order valence-electron chi connectivity index (χ2n) is 4.34. The second kappa shape index (κ2) is 6.04. The Labute approximate surface area is 119 Å². The van der Waals surface area contributed by atoms with Gasteiger partial charge >= 0.3 is 17.9 Å². The van der Waals surface area contributed by atoms with Crippen LogP contribution in [0.3, 0.4) is 0 Å². The maximum absolute atomic E-state index is 11.8. The molecule has 2 rings (SSSR count). The van der Waals surface area contributed by atoms with Crippen LogP contribution in [-0.2, 0) is 14.3 Å². The molecule has 0 fully saturated rings. The summed E-state index contributed by atoms with van der Waals surface area (Å²) >= 11 is 0. The third kappa shape index (κ3) is 3.36. The fourth-order valence-corrected chi connectivity index (χ4v) is 1.84. The standard InChI is InChI=1S/C15H12O6/c16-12(17)7-8-13(18)21-15(20)11-6-5-9-3-1-2-4-10(9)14(11)19/h1-6,19H,7-8H2,(H,16,17). The summed E-state index contributed by atoms with van der Waals surface area (Å²) < 4.78 is 4.52. The van der Waals surface area contributed by atoms with E-state index >= 15 is 0 Å². The predicted molar refractivity (Wildman–Crippen MR) is 72.9 cm³/mol. The summed E-state index contributed by atoms with van der Waals surface area (Å²) in [4.78, 5) is 33.5. The Kier molecular flexibility index (Phi) is 4.18. The summed E-state index contributed by atoms with van der Waals surface area (Å²) in [7, 11) is 0. The van der Waals surface area contributed by atoms with E-state index in [0.717, 1.165) is 5.39 Å². The van der Waals surface area contributed by atoms with Crippen LogP contribution in [0.1, 0.15) is 23.2 Å². The smallest absolute Gasteiger partial charge is 0.349 e. The molecule has 0 aliphatic carbocycles. The van der Waals surface area contributed by atoms with Gasteiger partial charge in [0.2, 0.25) is 0 Å². The molecular formula is C15H12O6. The third-order valence-corrected chi connectivity index (χ3v) is 2.87. The average molecular weight is 288 g/mol. The van der Waals surface area contributed by atoms with Crippen LogP contribution in [-0.4, -0.2) is 28.1 Å². The van der Waals surface area contributed by atoms with Crippen LogP contribution in [0.25, 0.3) is 10.8 Å². The Balaban J connectivity index is 2.18. The maximum Gasteiger partial charge on any atom is 0.349 e. The largest absolute Gasteiger partial charge is 0.506 e. The first-order valence-electron chi connectivity index (χ1n) is 6.16. The molecule has 0 heterocycles. The summed E-state index contributed by atoms with van der Waals surface area (Å²) in [6.45, 7) is 0. The van der Waals surface area contributed by atoms with Gasteiger partial charge in [-0.1, -0.05) is 30.3 Å². The summed E-state index contributed by atoms with van der Waals surface area (Å²) in [5, 5.41) is 19.7. The molecule has 0 atom stereocenters. The number of hydrogen-bond donors (Lipinski definition) is 2. The SMILES string of the molecule is O=C(O)CCC(=O)OC(=O)c1ccc2ccccc2c1O. The van der Waals surface area contributed by atoms with E-state index in [4.69, 9.17) is 5.11 Å². The number of benzene rings is 2. The molecule has 0 saturated heterocycles. The highest BCUT2D eigenvalue weighted by Crippen LogP contribution is 2.29. The van der Waals surface area contributed by atoms with Crippen LogP contribution in [0, 0.1) is 0 Å². The molecule has 0 bridgehead atoms. The fraction of sp³-hybridized carbons (Fsp3) is 0.133. The van der Waals surface area contributed by atoms with Gasteiger partial charge in [0.05, 0.1) is 12.8 Å². The van der Waals surface area contributed by atoms with Crippen LogP contribution < -0.4 is 0 Å². The molecule has 0 amide bonds. The summed E-state index contributed by atoms with van der Waals surface area (Å²) in [6, 6.07) is 9.86. The van der Waals surface area contributed by atoms with Crippen molar-refractivity contribution >= 4 is 28.7 Å². The third-order valence-electron chi connectivity index (χ3n) is 2.87. The van der Waals surface area contributed by atoms with Gasteiger partial charge in [-0.15, -0.1) is 0 Å². The maximum atomic E-state index is 11.8. The molecule has 6 heteroatoms. The van der Waals surface area contributed by atoms with Crippen molar-refractivity contribution in [3.63, 3.8) is 0 Å². The quantitative estimate of drug-likeness (QED) is 0.660. The molecule has 2 N–H and O–H groups in total. The molecule has 0 aliphatic rings. The lowest BCUT2D eigenvalue weighted by atomic mass is 10.1. The number of ether oxygens (including phenoxy) is 1. The van der Waals surface area contributed by atoms with Crippen LogP contribution >= 0.6 is 0 Å². The van der Waals surface area contributed by atoms with Gasteiger partial charge < -0.3 is 14.9 Å². The van der Waals surface area contributed by atoms with Crippen molar-refractivity contribution in [3.8, 4) is 5.75 Å². The van der Waals surface area contributed by atoms with E-state index in [2.05, 4.69) is 4.74 Å². The molecule has 21 heavy (non-hydrogen) atoms. The van der Waals surface area contributed by atoms with Gasteiger partial charge in [0.25, 0.3) is 0 Å². The van der Waals surface area contributed by atoms with E-state index < -0.39 is 30.7 Å². The van der Waals surface area contributed by atoms with Crippen molar-refractivity contribution in [1.29, 1.82) is 0 Å². The number of carboxylic acids is 1. The van der Waals surface area contributed by atoms with Gasteiger partial charge in [-0.05, 0) is 11.5 Å². The molecule has 0 unspecified atom stereocenters. The minimum absolute atomic E-state index is 0.141. The monoisotopic (exact) mass is 288 g/mol. The number of rotatable bonds is 4. The number of phenols is 1. The van der Waals surface area contributed by atoms with Crippen molar-refractivity contribution in [1.82, 2.24) is 0 Å². The molecule has 0 saturated carbocycles. The number of aliphatic carboxylic acids is 1. The predicted octanol–water partition coefficient (Wildman–Crippen LogP) is 2.09. The lowest BCUT2D eigenvalue weighted by Crippen LogP contribution is -2.14. The van der Waals surface area contributed by atoms with E-state index in [0.29, 0.717) is 5.39 Å². The molecule has 0 radical (unpaired) electrons. The van der Waals surface area contributed by atoms with E-state index in [1.165, 1.54) is 6.07 Å². The van der Waals surface area contributed by atoms with Gasteiger partial charge in [-0.3, -0.25) is 9.59 Å². The molecule has 0 aromatic heterocycles. The number of hydrogen-bond acceptors (Lipinski definition) is 5. The van der Waals surface area contributed by atoms with E-state index in [1.54, 1.807) is 30.3 Å². The van der Waals surface area contributed by atoms with Gasteiger partial charge in [-0.2, -0.15) is 0 Å². The molecule has 0 aliphatic heterocycles. The van der Waals surface area contributed by atoms with Crippen molar-refractivity contribution in [3.05, 3.63) is 42.0 Å². The Morgan fingerprint density at radius 2 is 1.71 bits per heavy atom. The number of carboxylic acid groups (broad SMARTS) is 1. The highest BCUT2D eigenvalue weighted by molar-refractivity contribution is 6.04. The molecule has 2 aromatic rings. The minimum atomic E-state index is -1.16. The number of fused-ring (bicyclic) bond motifs is 1. The number of aromatic hydroxyl groups is 1. The van der Waals surface area contributed by atoms with Crippen molar-refractivity contribution in [2.75, 3.05) is 0 Å². The summed E-state index contributed by atoms with van der Waals surface area (Å²) in [5.74, 6) is -3.39. The molecule has 6 nitrogen and oxygen atoms in total. The van der Waals surface area contributed by atoms with E-state index in [-0.39, 0.29) is 11.3 Å². The second-order valence-corrected chi connectivity index (χ2v) is 4.34. The van der Waals surface area contributed by atoms with Crippen LogP contribution in [0.15, 0.2) is 36.4 Å². The lowest BCUT2D eigenvalue weighted by molar-refractivity contribution is -0.144. The number of carbonyl (C=O) groups is 3. The van der Waals surface area contributed by atoms with Gasteiger partial charge in [0, 0.05) is 5.39 Å². The first-order valence-corrected chi connectivity index (χ1v) is 6.16. The van der Waals surface area contributed by atoms with E-state index in [1.807, 2.05) is 0 Å².